The Labute approximate surface area is 231 Å². The Hall–Kier alpha value is -4.28. The third kappa shape index (κ3) is 5.94. The number of aliphatic hydroxyl groups excluding tert-OH is 2. The van der Waals surface area contributed by atoms with Crippen LogP contribution in [-0.4, -0.2) is 88.3 Å². The summed E-state index contributed by atoms with van der Waals surface area (Å²) in [6.45, 7) is 1.17. The number of carbonyl (C=O) groups is 1. The van der Waals surface area contributed by atoms with Crippen LogP contribution in [0.4, 0.5) is 41.4 Å². The van der Waals surface area contributed by atoms with Crippen LogP contribution in [0.1, 0.15) is 17.4 Å². The van der Waals surface area contributed by atoms with Crippen molar-refractivity contribution < 1.29 is 37.7 Å². The number of hydrogen-bond donors (Lipinski definition) is 4. The first-order chi connectivity index (χ1) is 19.7. The van der Waals surface area contributed by atoms with Gasteiger partial charge in [0.15, 0.2) is 11.8 Å². The van der Waals surface area contributed by atoms with Crippen LogP contribution >= 0.6 is 0 Å². The van der Waals surface area contributed by atoms with Gasteiger partial charge in [0.05, 0.1) is 32.1 Å². The molecule has 0 spiro atoms. The molecule has 16 heteroatoms. The molecule has 41 heavy (non-hydrogen) atoms. The summed E-state index contributed by atoms with van der Waals surface area (Å²) >= 11 is 0. The summed E-state index contributed by atoms with van der Waals surface area (Å²) in [5.74, 6) is -0.583. The van der Waals surface area contributed by atoms with Gasteiger partial charge in [-0.1, -0.05) is 12.1 Å². The lowest BCUT2D eigenvalue weighted by atomic mass is 10.0. The number of amides is 1. The van der Waals surface area contributed by atoms with Gasteiger partial charge in [-0.2, -0.15) is 18.2 Å². The molecule has 0 saturated carbocycles. The summed E-state index contributed by atoms with van der Waals surface area (Å²) in [6.07, 6.45) is -5.71. The fourth-order valence-electron chi connectivity index (χ4n) is 4.62. The number of anilines is 4. The van der Waals surface area contributed by atoms with Crippen molar-refractivity contribution in [3.8, 4) is 11.3 Å². The number of benzene rings is 1. The van der Waals surface area contributed by atoms with Gasteiger partial charge < -0.3 is 35.6 Å². The molecule has 5 rings (SSSR count). The highest BCUT2D eigenvalue weighted by Crippen LogP contribution is 2.39. The summed E-state index contributed by atoms with van der Waals surface area (Å²) < 4.78 is 52.8. The quantitative estimate of drug-likeness (QED) is 0.307. The number of rotatable bonds is 8. The Morgan fingerprint density at radius 3 is 2.49 bits per heavy atom. The molecule has 0 bridgehead atoms. The number of nitrogens with two attached hydrogens (primary N) is 1. The lowest BCUT2D eigenvalue weighted by Crippen LogP contribution is -2.40. The summed E-state index contributed by atoms with van der Waals surface area (Å²) in [5, 5.41) is 22.4. The van der Waals surface area contributed by atoms with Gasteiger partial charge in [0.25, 0.3) is 0 Å². The van der Waals surface area contributed by atoms with Crippen molar-refractivity contribution in [2.75, 3.05) is 66.9 Å². The zero-order valence-corrected chi connectivity index (χ0v) is 21.6. The number of halogens is 3. The van der Waals surface area contributed by atoms with Crippen LogP contribution in [-0.2, 0) is 15.7 Å². The van der Waals surface area contributed by atoms with E-state index in [1.165, 1.54) is 6.07 Å². The van der Waals surface area contributed by atoms with Gasteiger partial charge in [0.2, 0.25) is 11.9 Å². The van der Waals surface area contributed by atoms with Gasteiger partial charge in [-0.05, 0) is 17.7 Å². The zero-order valence-electron chi connectivity index (χ0n) is 21.6. The van der Waals surface area contributed by atoms with Crippen LogP contribution < -0.4 is 20.9 Å². The van der Waals surface area contributed by atoms with Crippen molar-refractivity contribution in [3.05, 3.63) is 47.8 Å². The van der Waals surface area contributed by atoms with Gasteiger partial charge in [0.1, 0.15) is 11.9 Å². The standard InChI is InChI=1S/C25H27F3N8O5/c26-25(27,28)21-16(12-31-22(29)34-21)17-11-19(33-23(32-17)35-6-9-40-10-7-35)36-18(13-38)20(41-24(36)39)14-1-3-15(4-2-14)30-5-8-37/h1-4,11-12,18,20,30,37-38H,5-10,13H2,(H2,29,31,34)/t18-,20-/m0/s1. The average Bonchev–Trinajstić information content (AvgIpc) is 3.32. The fraction of sp³-hybridized carbons (Fsp3) is 0.400. The van der Waals surface area contributed by atoms with Crippen LogP contribution in [0, 0.1) is 0 Å². The first-order valence-electron chi connectivity index (χ1n) is 12.7. The number of nitrogens with one attached hydrogen (secondary N) is 1. The van der Waals surface area contributed by atoms with E-state index in [0.29, 0.717) is 38.4 Å². The number of nitrogens with zero attached hydrogens (tertiary/aromatic N) is 6. The molecule has 0 aliphatic carbocycles. The second-order valence-corrected chi connectivity index (χ2v) is 9.20. The van der Waals surface area contributed by atoms with Gasteiger partial charge in [-0.3, -0.25) is 4.90 Å². The van der Waals surface area contributed by atoms with E-state index in [1.54, 1.807) is 29.2 Å². The fourth-order valence-corrected chi connectivity index (χ4v) is 4.62. The Kier molecular flexibility index (Phi) is 8.05. The molecule has 4 heterocycles. The third-order valence-corrected chi connectivity index (χ3v) is 6.57. The molecule has 2 fully saturated rings. The summed E-state index contributed by atoms with van der Waals surface area (Å²) in [6, 6.07) is 7.11. The minimum Gasteiger partial charge on any atom is -0.439 e. The highest BCUT2D eigenvalue weighted by Gasteiger charge is 2.45. The molecule has 0 radical (unpaired) electrons. The van der Waals surface area contributed by atoms with Crippen molar-refractivity contribution in [1.82, 2.24) is 19.9 Å². The number of alkyl halides is 3. The number of ether oxygens (including phenoxy) is 2. The highest BCUT2D eigenvalue weighted by atomic mass is 19.4. The molecule has 3 aromatic rings. The van der Waals surface area contributed by atoms with Gasteiger partial charge in [-0.25, -0.2) is 19.7 Å². The summed E-state index contributed by atoms with van der Waals surface area (Å²) in [4.78, 5) is 32.0. The number of nitrogen functional groups attached to an aromatic ring is 1. The predicted molar refractivity (Wildman–Crippen MR) is 140 cm³/mol. The molecular formula is C25H27F3N8O5. The molecule has 13 nitrogen and oxygen atoms in total. The van der Waals surface area contributed by atoms with E-state index in [9.17, 15) is 23.1 Å². The largest absolute Gasteiger partial charge is 0.439 e. The summed E-state index contributed by atoms with van der Waals surface area (Å²) in [5.41, 5.74) is 4.80. The topological polar surface area (TPSA) is 172 Å². The van der Waals surface area contributed by atoms with Crippen molar-refractivity contribution in [3.63, 3.8) is 0 Å². The van der Waals surface area contributed by atoms with Gasteiger partial charge >= 0.3 is 12.3 Å². The Balaban J connectivity index is 1.57. The lowest BCUT2D eigenvalue weighted by Gasteiger charge is -2.29. The Bertz CT molecular complexity index is 1390. The number of cyclic esters (lactones) is 1. The predicted octanol–water partition coefficient (Wildman–Crippen LogP) is 1.83. The molecule has 1 aromatic carbocycles. The van der Waals surface area contributed by atoms with Crippen LogP contribution in [0.5, 0.6) is 0 Å². The highest BCUT2D eigenvalue weighted by molar-refractivity contribution is 5.91. The zero-order chi connectivity index (χ0) is 29.1. The number of aliphatic hydroxyl groups is 2. The van der Waals surface area contributed by atoms with Crippen LogP contribution in [0.3, 0.4) is 0 Å². The first kappa shape index (κ1) is 28.3. The molecule has 2 aromatic heterocycles. The maximum Gasteiger partial charge on any atom is 0.434 e. The number of carbonyl (C=O) groups excluding carboxylic acids is 1. The number of hydrogen-bond acceptors (Lipinski definition) is 12. The maximum atomic E-state index is 13.9. The maximum absolute atomic E-state index is 13.9. The molecule has 2 aliphatic heterocycles. The Morgan fingerprint density at radius 2 is 1.83 bits per heavy atom. The van der Waals surface area contributed by atoms with E-state index < -0.39 is 48.2 Å². The second kappa shape index (κ2) is 11.7. The van der Waals surface area contributed by atoms with Crippen molar-refractivity contribution in [1.29, 1.82) is 0 Å². The molecule has 0 unspecified atom stereocenters. The van der Waals surface area contributed by atoms with E-state index in [0.717, 1.165) is 16.8 Å². The van der Waals surface area contributed by atoms with Crippen molar-refractivity contribution >= 4 is 29.5 Å². The van der Waals surface area contributed by atoms with E-state index in [4.69, 9.17) is 20.3 Å². The average molecular weight is 577 g/mol. The first-order valence-corrected chi connectivity index (χ1v) is 12.7. The SMILES string of the molecule is Nc1ncc(-c2cc(N3C(=O)O[C@@H](c4ccc(NCCO)cc4)[C@@H]3CO)nc(N3CCOCC3)n2)c(C(F)(F)F)n1. The number of morpholine rings is 1. The minimum absolute atomic E-state index is 0.0517. The molecule has 2 saturated heterocycles. The van der Waals surface area contributed by atoms with E-state index in [-0.39, 0.29) is 24.1 Å². The molecule has 2 aliphatic rings. The van der Waals surface area contributed by atoms with Gasteiger partial charge in [0, 0.05) is 43.1 Å². The van der Waals surface area contributed by atoms with Crippen LogP contribution in [0.25, 0.3) is 11.3 Å². The van der Waals surface area contributed by atoms with Crippen LogP contribution in [0.15, 0.2) is 36.5 Å². The van der Waals surface area contributed by atoms with Crippen molar-refractivity contribution in [2.24, 2.45) is 0 Å². The van der Waals surface area contributed by atoms with Crippen LogP contribution in [0.2, 0.25) is 0 Å². The van der Waals surface area contributed by atoms with E-state index in [2.05, 4.69) is 25.3 Å². The van der Waals surface area contributed by atoms with Gasteiger partial charge in [-0.15, -0.1) is 0 Å². The lowest BCUT2D eigenvalue weighted by molar-refractivity contribution is -0.140. The smallest absolute Gasteiger partial charge is 0.434 e. The monoisotopic (exact) mass is 576 g/mol. The van der Waals surface area contributed by atoms with Crippen molar-refractivity contribution in [2.45, 2.75) is 18.3 Å². The molecular weight excluding hydrogens is 549 g/mol. The minimum atomic E-state index is -4.87. The molecule has 2 atom stereocenters. The molecule has 1 amide bonds. The molecule has 5 N–H and O–H groups in total. The Morgan fingerprint density at radius 1 is 1.10 bits per heavy atom. The second-order valence-electron chi connectivity index (χ2n) is 9.20. The van der Waals surface area contributed by atoms with E-state index >= 15 is 0 Å². The number of aromatic nitrogens is 4. The third-order valence-electron chi connectivity index (χ3n) is 6.57. The van der Waals surface area contributed by atoms with E-state index in [1.807, 2.05) is 0 Å². The normalized spacial score (nSPS) is 19.4. The molecule has 218 valence electrons. The summed E-state index contributed by atoms with van der Waals surface area (Å²) in [7, 11) is 0.